The van der Waals surface area contributed by atoms with Crippen LogP contribution in [0.5, 0.6) is 0 Å². The summed E-state index contributed by atoms with van der Waals surface area (Å²) in [6.07, 6.45) is 5.40. The lowest BCUT2D eigenvalue weighted by atomic mass is 9.97. The van der Waals surface area contributed by atoms with E-state index in [-0.39, 0.29) is 0 Å². The molecule has 1 aliphatic carbocycles. The van der Waals surface area contributed by atoms with Crippen LogP contribution in [0.1, 0.15) is 22.4 Å². The average Bonchev–Trinajstić information content (AvgIpc) is 3.11. The number of aromatic nitrogens is 1. The van der Waals surface area contributed by atoms with Crippen LogP contribution in [-0.2, 0) is 19.9 Å². The summed E-state index contributed by atoms with van der Waals surface area (Å²) in [7, 11) is 4.31. The molecule has 0 N–H and O–H groups in total. The summed E-state index contributed by atoms with van der Waals surface area (Å²) in [5.41, 5.74) is 11.1. The highest BCUT2D eigenvalue weighted by Crippen LogP contribution is 2.47. The molecule has 3 aromatic rings. The van der Waals surface area contributed by atoms with Gasteiger partial charge in [0.05, 0.1) is 5.69 Å². The maximum atomic E-state index is 3.45. The highest BCUT2D eigenvalue weighted by molar-refractivity contribution is 6.00. The van der Waals surface area contributed by atoms with Crippen molar-refractivity contribution in [3.63, 3.8) is 0 Å². The van der Waals surface area contributed by atoms with E-state index in [0.29, 0.717) is 0 Å². The Hall–Kier alpha value is -2.48. The Bertz CT molecular complexity index is 1040. The van der Waals surface area contributed by atoms with Crippen molar-refractivity contribution in [3.8, 4) is 11.1 Å². The molecule has 0 fully saturated rings. The topological polar surface area (TPSA) is 6.89 Å². The minimum atomic E-state index is 0.921. The van der Waals surface area contributed by atoms with Gasteiger partial charge in [-0.2, -0.15) is 4.57 Å². The smallest absolute Gasteiger partial charge is 0.219 e. The van der Waals surface area contributed by atoms with Gasteiger partial charge in [-0.25, -0.2) is 0 Å². The van der Waals surface area contributed by atoms with E-state index in [0.717, 1.165) is 12.8 Å². The van der Waals surface area contributed by atoms with E-state index >= 15 is 0 Å². The second-order valence-electron chi connectivity index (χ2n) is 6.75. The number of nitrogens with zero attached hydrogens (tertiary/aromatic N) is 2. The van der Waals surface area contributed by atoms with Crippen molar-refractivity contribution in [2.75, 3.05) is 7.05 Å². The molecular formula is C21H19N2+. The van der Waals surface area contributed by atoms with Crippen LogP contribution in [0.15, 0.2) is 36.4 Å². The molecule has 0 saturated carbocycles. The monoisotopic (exact) mass is 299 g/mol. The molecule has 1 aliphatic heterocycles. The largest absolute Gasteiger partial charge is 0.366 e. The fourth-order valence-electron chi connectivity index (χ4n) is 4.19. The Balaban J connectivity index is 1.98. The van der Waals surface area contributed by atoms with Crippen LogP contribution in [0.3, 0.4) is 0 Å². The molecule has 0 saturated heterocycles. The lowest BCUT2D eigenvalue weighted by Crippen LogP contribution is -2.33. The predicted molar refractivity (Wildman–Crippen MR) is 92.7 cm³/mol. The molecule has 2 aliphatic rings. The van der Waals surface area contributed by atoms with Gasteiger partial charge >= 0.3 is 0 Å². The van der Waals surface area contributed by atoms with Crippen molar-refractivity contribution in [3.05, 3.63) is 58.8 Å². The van der Waals surface area contributed by atoms with Crippen molar-refractivity contribution in [2.24, 2.45) is 7.05 Å². The zero-order valence-corrected chi connectivity index (χ0v) is 13.8. The van der Waals surface area contributed by atoms with E-state index in [1.54, 1.807) is 0 Å². The molecule has 2 heterocycles. The van der Waals surface area contributed by atoms with Crippen molar-refractivity contribution in [2.45, 2.75) is 19.8 Å². The summed E-state index contributed by atoms with van der Waals surface area (Å²) in [4.78, 5) is 0. The minimum Gasteiger partial charge on any atom is -0.366 e. The second kappa shape index (κ2) is 4.29. The molecule has 0 bridgehead atoms. The summed E-state index contributed by atoms with van der Waals surface area (Å²) < 4.78 is 4.53. The number of aryl methyl sites for hydroxylation is 2. The number of benzene rings is 2. The fraction of sp³-hybridized carbons (Fsp3) is 0.238. The van der Waals surface area contributed by atoms with Gasteiger partial charge in [-0.1, -0.05) is 23.8 Å². The van der Waals surface area contributed by atoms with Crippen LogP contribution >= 0.6 is 0 Å². The quantitative estimate of drug-likeness (QED) is 0.347. The third kappa shape index (κ3) is 1.58. The Morgan fingerprint density at radius 3 is 2.43 bits per heavy atom. The Labute approximate surface area is 136 Å². The van der Waals surface area contributed by atoms with Gasteiger partial charge in [-0.15, -0.1) is 0 Å². The molecule has 2 heteroatoms. The highest BCUT2D eigenvalue weighted by Gasteiger charge is 2.29. The molecule has 1 aromatic heterocycles. The fourth-order valence-corrected chi connectivity index (χ4v) is 4.19. The van der Waals surface area contributed by atoms with Crippen LogP contribution in [-0.4, -0.2) is 17.8 Å². The molecule has 5 rings (SSSR count). The first kappa shape index (κ1) is 13.0. The average molecular weight is 299 g/mol. The zero-order chi connectivity index (χ0) is 15.7. The summed E-state index contributed by atoms with van der Waals surface area (Å²) in [6.45, 7) is 2.18. The van der Waals surface area contributed by atoms with Gasteiger partial charge in [0.25, 0.3) is 0 Å². The third-order valence-electron chi connectivity index (χ3n) is 5.48. The lowest BCUT2D eigenvalue weighted by molar-refractivity contribution is -0.651. The Kier molecular flexibility index (Phi) is 2.42. The molecule has 0 radical (unpaired) electrons. The maximum Gasteiger partial charge on any atom is 0.219 e. The molecule has 112 valence electrons. The van der Waals surface area contributed by atoms with Crippen molar-refractivity contribution < 1.29 is 9.14 Å². The number of hydrogen-bond acceptors (Lipinski definition) is 0. The number of rotatable bonds is 0. The Morgan fingerprint density at radius 1 is 0.870 bits per heavy atom. The molecule has 0 spiro atoms. The highest BCUT2D eigenvalue weighted by atomic mass is 15.0. The van der Waals surface area contributed by atoms with Crippen LogP contribution in [0.25, 0.3) is 22.0 Å². The first-order chi connectivity index (χ1) is 11.1. The third-order valence-corrected chi connectivity index (χ3v) is 5.48. The van der Waals surface area contributed by atoms with Crippen molar-refractivity contribution in [1.82, 2.24) is 0 Å². The van der Waals surface area contributed by atoms with Crippen LogP contribution in [0, 0.1) is 6.92 Å². The van der Waals surface area contributed by atoms with Crippen molar-refractivity contribution >= 4 is 22.8 Å². The SMILES string of the molecule is Cc1ccc2ccc3c(c2[n+]1C)-c1c(ccc2c1[N+](C)=[C-]C2)C3. The first-order valence-corrected chi connectivity index (χ1v) is 8.19. The molecule has 2 aromatic carbocycles. The molecule has 0 atom stereocenters. The van der Waals surface area contributed by atoms with Gasteiger partial charge < -0.3 is 4.58 Å². The van der Waals surface area contributed by atoms with E-state index in [4.69, 9.17) is 0 Å². The van der Waals surface area contributed by atoms with Gasteiger partial charge in [0.1, 0.15) is 14.1 Å². The van der Waals surface area contributed by atoms with Gasteiger partial charge in [-0.3, -0.25) is 0 Å². The number of hydrogen-bond donors (Lipinski definition) is 0. The normalized spacial score (nSPS) is 14.7. The van der Waals surface area contributed by atoms with Crippen LogP contribution in [0.4, 0.5) is 5.69 Å². The molecule has 2 nitrogen and oxygen atoms in total. The van der Waals surface area contributed by atoms with Crippen molar-refractivity contribution in [1.29, 1.82) is 0 Å². The van der Waals surface area contributed by atoms with Crippen LogP contribution < -0.4 is 4.57 Å². The van der Waals surface area contributed by atoms with Gasteiger partial charge in [0.15, 0.2) is 5.69 Å². The zero-order valence-electron chi connectivity index (χ0n) is 13.8. The molecule has 23 heavy (non-hydrogen) atoms. The standard InChI is InChI=1S/C21H19N2/c1-13-4-5-14-6-8-17-12-16-9-7-15-10-11-22(2)20(15)18(16)19(17)21(14)23(13)3/h4-9H,10,12H2,1-3H3/q+1. The van der Waals surface area contributed by atoms with Crippen LogP contribution in [0.2, 0.25) is 0 Å². The predicted octanol–water partition coefficient (Wildman–Crippen LogP) is 3.32. The van der Waals surface area contributed by atoms with E-state index in [1.807, 2.05) is 0 Å². The lowest BCUT2D eigenvalue weighted by Gasteiger charge is -2.14. The van der Waals surface area contributed by atoms with E-state index in [1.165, 1.54) is 50.1 Å². The second-order valence-corrected chi connectivity index (χ2v) is 6.75. The van der Waals surface area contributed by atoms with E-state index < -0.39 is 0 Å². The summed E-state index contributed by atoms with van der Waals surface area (Å²) >= 11 is 0. The Morgan fingerprint density at radius 2 is 1.57 bits per heavy atom. The first-order valence-electron chi connectivity index (χ1n) is 8.19. The molecule has 0 amide bonds. The van der Waals surface area contributed by atoms with Gasteiger partial charge in [0, 0.05) is 30.2 Å². The summed E-state index contributed by atoms with van der Waals surface area (Å²) in [5, 5.41) is 1.32. The summed E-state index contributed by atoms with van der Waals surface area (Å²) in [5.74, 6) is 0. The minimum absolute atomic E-state index is 0.921. The van der Waals surface area contributed by atoms with Gasteiger partial charge in [-0.05, 0) is 41.7 Å². The molecular weight excluding hydrogens is 280 g/mol. The number of pyridine rings is 1. The van der Waals surface area contributed by atoms with E-state index in [2.05, 4.69) is 72.8 Å². The van der Waals surface area contributed by atoms with Gasteiger partial charge in [0.2, 0.25) is 5.52 Å². The summed E-state index contributed by atoms with van der Waals surface area (Å²) in [6, 6.07) is 13.6. The molecule has 0 unspecified atom stereocenters. The maximum absolute atomic E-state index is 3.45. The van der Waals surface area contributed by atoms with E-state index in [9.17, 15) is 0 Å². The number of fused-ring (bicyclic) bond motifs is 7.